The lowest BCUT2D eigenvalue weighted by Crippen LogP contribution is -2.22. The molecule has 0 saturated heterocycles. The molecule has 9 heteroatoms. The number of nitrogen functional groups attached to an aromatic ring is 1. The number of Topliss-reactive ketones (excluding diaryl/α,β-unsaturated/α-hetero) is 1. The van der Waals surface area contributed by atoms with E-state index < -0.39 is 17.8 Å². The van der Waals surface area contributed by atoms with Gasteiger partial charge in [-0.05, 0) is 0 Å². The minimum Gasteiger partial charge on any atom is -0.481 e. The van der Waals surface area contributed by atoms with Crippen LogP contribution in [0.5, 0.6) is 0 Å². The fourth-order valence-corrected chi connectivity index (χ4v) is 2.76. The maximum Gasteiger partial charge on any atom is 0.309 e. The van der Waals surface area contributed by atoms with Crippen LogP contribution in [0.2, 0.25) is 0 Å². The molecule has 2 heterocycles. The molecule has 0 aromatic carbocycles. The zero-order chi connectivity index (χ0) is 14.0. The van der Waals surface area contributed by atoms with Crippen molar-refractivity contribution in [3.05, 3.63) is 27.2 Å². The van der Waals surface area contributed by atoms with Gasteiger partial charge in [-0.1, -0.05) is 0 Å². The number of nitrogens with two attached hydrogens (primary N) is 2. The number of carboxylic acids is 1. The predicted octanol–water partition coefficient (Wildman–Crippen LogP) is 0.692. The largest absolute Gasteiger partial charge is 0.481 e. The van der Waals surface area contributed by atoms with Crippen LogP contribution in [0.3, 0.4) is 0 Å². The first-order valence-corrected chi connectivity index (χ1v) is 6.90. The van der Waals surface area contributed by atoms with E-state index in [0.29, 0.717) is 16.5 Å². The van der Waals surface area contributed by atoms with Crippen molar-refractivity contribution in [1.82, 2.24) is 9.97 Å². The normalized spacial score (nSPS) is 12.3. The molecule has 0 aliphatic heterocycles. The maximum absolute atomic E-state index is 12.1. The quantitative estimate of drug-likeness (QED) is 0.692. The summed E-state index contributed by atoms with van der Waals surface area (Å²) in [5.74, 6) is -1.40. The van der Waals surface area contributed by atoms with Gasteiger partial charge in [-0.2, -0.15) is 0 Å². The Morgan fingerprint density at radius 3 is 2.63 bits per heavy atom. The summed E-state index contributed by atoms with van der Waals surface area (Å²) < 4.78 is 0. The van der Waals surface area contributed by atoms with Gasteiger partial charge in [-0.3, -0.25) is 9.59 Å². The number of rotatable bonds is 5. The molecule has 5 N–H and O–H groups in total. The third-order valence-corrected chi connectivity index (χ3v) is 3.83. The second kappa shape index (κ2) is 5.43. The van der Waals surface area contributed by atoms with Gasteiger partial charge in [-0.25, -0.2) is 9.97 Å². The highest BCUT2D eigenvalue weighted by Crippen LogP contribution is 2.21. The molecule has 2 aromatic heterocycles. The van der Waals surface area contributed by atoms with E-state index in [-0.39, 0.29) is 11.4 Å². The molecule has 2 aromatic rings. The van der Waals surface area contributed by atoms with E-state index in [4.69, 9.17) is 16.6 Å². The number of nitrogens with zero attached hydrogens (tertiary/aromatic N) is 2. The summed E-state index contributed by atoms with van der Waals surface area (Å²) in [5, 5.41) is 12.3. The molecule has 0 aliphatic rings. The fraction of sp³-hybridized carbons (Fsp3) is 0.200. The van der Waals surface area contributed by atoms with Crippen molar-refractivity contribution >= 4 is 39.6 Å². The molecule has 1 unspecified atom stereocenters. The van der Waals surface area contributed by atoms with E-state index in [1.54, 1.807) is 5.38 Å². The summed E-state index contributed by atoms with van der Waals surface area (Å²) in [6, 6.07) is -0.933. The summed E-state index contributed by atoms with van der Waals surface area (Å²) in [6.07, 6.45) is -0.220. The summed E-state index contributed by atoms with van der Waals surface area (Å²) >= 11 is 2.27. The zero-order valence-electron chi connectivity index (χ0n) is 9.57. The number of aromatic nitrogens is 2. The molecular weight excluding hydrogens is 288 g/mol. The number of carbonyl (C=O) groups excluding carboxylic acids is 1. The smallest absolute Gasteiger partial charge is 0.309 e. The van der Waals surface area contributed by atoms with Crippen molar-refractivity contribution in [1.29, 1.82) is 0 Å². The summed E-state index contributed by atoms with van der Waals surface area (Å²) in [6.45, 7) is 0. The SMILES string of the molecule is Nc1nc(C(N)C(=O)c2nc(CC(=O)O)cs2)cs1. The highest BCUT2D eigenvalue weighted by atomic mass is 32.1. The van der Waals surface area contributed by atoms with Crippen molar-refractivity contribution in [2.75, 3.05) is 5.73 Å². The van der Waals surface area contributed by atoms with Crippen LogP contribution in [0.4, 0.5) is 5.13 Å². The number of anilines is 1. The monoisotopic (exact) mass is 298 g/mol. The van der Waals surface area contributed by atoms with Crippen molar-refractivity contribution in [3.8, 4) is 0 Å². The van der Waals surface area contributed by atoms with Gasteiger partial charge in [0.25, 0.3) is 0 Å². The maximum atomic E-state index is 12.1. The van der Waals surface area contributed by atoms with Crippen LogP contribution in [0, 0.1) is 0 Å². The van der Waals surface area contributed by atoms with E-state index >= 15 is 0 Å². The van der Waals surface area contributed by atoms with Crippen LogP contribution in [-0.4, -0.2) is 26.8 Å². The van der Waals surface area contributed by atoms with Gasteiger partial charge in [-0.15, -0.1) is 22.7 Å². The lowest BCUT2D eigenvalue weighted by Gasteiger charge is -2.04. The van der Waals surface area contributed by atoms with Gasteiger partial charge in [0, 0.05) is 10.8 Å². The number of carbonyl (C=O) groups is 2. The molecule has 19 heavy (non-hydrogen) atoms. The topological polar surface area (TPSA) is 132 Å². The lowest BCUT2D eigenvalue weighted by atomic mass is 10.1. The number of hydrogen-bond donors (Lipinski definition) is 3. The third kappa shape index (κ3) is 3.13. The first kappa shape index (κ1) is 13.6. The molecule has 2 rings (SSSR count). The molecule has 0 bridgehead atoms. The van der Waals surface area contributed by atoms with Crippen LogP contribution >= 0.6 is 22.7 Å². The predicted molar refractivity (Wildman–Crippen MR) is 71.2 cm³/mol. The molecule has 0 radical (unpaired) electrons. The molecule has 100 valence electrons. The molecule has 7 nitrogen and oxygen atoms in total. The Morgan fingerprint density at radius 1 is 1.32 bits per heavy atom. The molecule has 0 fully saturated rings. The van der Waals surface area contributed by atoms with Crippen LogP contribution in [0.15, 0.2) is 10.8 Å². The molecule has 0 aliphatic carbocycles. The average Bonchev–Trinajstić information content (AvgIpc) is 2.95. The second-order valence-corrected chi connectivity index (χ2v) is 5.41. The van der Waals surface area contributed by atoms with Gasteiger partial charge in [0.15, 0.2) is 10.1 Å². The standard InChI is InChI=1S/C10H10N4O3S2/c11-7(5-3-19-10(12)14-5)8(17)9-13-4(2-18-9)1-6(15)16/h2-3,7H,1,11H2,(H2,12,14)(H,15,16). The highest BCUT2D eigenvalue weighted by Gasteiger charge is 2.23. The van der Waals surface area contributed by atoms with E-state index in [0.717, 1.165) is 11.3 Å². The number of ketones is 1. The number of thiazole rings is 2. The Kier molecular flexibility index (Phi) is 3.88. The van der Waals surface area contributed by atoms with Crippen LogP contribution in [0.25, 0.3) is 0 Å². The van der Waals surface area contributed by atoms with Crippen LogP contribution in [0.1, 0.15) is 27.2 Å². The summed E-state index contributed by atoms with van der Waals surface area (Å²) in [4.78, 5) is 30.5. The van der Waals surface area contributed by atoms with Gasteiger partial charge >= 0.3 is 5.97 Å². The Hall–Kier alpha value is -1.84. The zero-order valence-corrected chi connectivity index (χ0v) is 11.2. The van der Waals surface area contributed by atoms with Crippen molar-refractivity contribution < 1.29 is 14.7 Å². The first-order chi connectivity index (χ1) is 8.97. The minimum absolute atomic E-state index is 0.176. The molecule has 0 saturated carbocycles. The Morgan fingerprint density at radius 2 is 2.05 bits per heavy atom. The fourth-order valence-electron chi connectivity index (χ4n) is 1.37. The minimum atomic E-state index is -0.999. The third-order valence-electron chi connectivity index (χ3n) is 2.24. The molecule has 0 amide bonds. The Balaban J connectivity index is 2.15. The van der Waals surface area contributed by atoms with Gasteiger partial charge in [0.2, 0.25) is 5.78 Å². The van der Waals surface area contributed by atoms with E-state index in [2.05, 4.69) is 9.97 Å². The average molecular weight is 298 g/mol. The van der Waals surface area contributed by atoms with Gasteiger partial charge in [0.05, 0.1) is 17.8 Å². The van der Waals surface area contributed by atoms with E-state index in [9.17, 15) is 9.59 Å². The van der Waals surface area contributed by atoms with Gasteiger partial charge in [0.1, 0.15) is 6.04 Å². The van der Waals surface area contributed by atoms with Crippen LogP contribution in [-0.2, 0) is 11.2 Å². The summed E-state index contributed by atoms with van der Waals surface area (Å²) in [7, 11) is 0. The van der Waals surface area contributed by atoms with Gasteiger partial charge < -0.3 is 16.6 Å². The number of aliphatic carboxylic acids is 1. The summed E-state index contributed by atoms with van der Waals surface area (Å²) in [5.41, 5.74) is 12.0. The van der Waals surface area contributed by atoms with Crippen molar-refractivity contribution in [2.45, 2.75) is 12.5 Å². The second-order valence-electron chi connectivity index (χ2n) is 3.67. The molecule has 0 spiro atoms. The van der Waals surface area contributed by atoms with Crippen molar-refractivity contribution in [3.63, 3.8) is 0 Å². The van der Waals surface area contributed by atoms with E-state index in [1.807, 2.05) is 0 Å². The number of carboxylic acid groups (broad SMARTS) is 1. The first-order valence-electron chi connectivity index (χ1n) is 5.14. The lowest BCUT2D eigenvalue weighted by molar-refractivity contribution is -0.136. The number of hydrogen-bond acceptors (Lipinski definition) is 8. The van der Waals surface area contributed by atoms with Crippen LogP contribution < -0.4 is 11.5 Å². The molecular formula is C10H10N4O3S2. The Labute approximate surface area is 115 Å². The van der Waals surface area contributed by atoms with Crippen molar-refractivity contribution in [2.24, 2.45) is 5.73 Å². The Bertz CT molecular complexity index is 622. The van der Waals surface area contributed by atoms with E-state index in [1.165, 1.54) is 16.7 Å². The molecule has 1 atom stereocenters. The highest BCUT2D eigenvalue weighted by molar-refractivity contribution is 7.13.